The average molecular weight is 299 g/mol. The Hall–Kier alpha value is -1.73. The van der Waals surface area contributed by atoms with Crippen LogP contribution in [0.5, 0.6) is 5.75 Å². The minimum atomic E-state index is -2.99. The van der Waals surface area contributed by atoms with E-state index in [1.54, 1.807) is 0 Å². The molecule has 1 atom stereocenters. The molecule has 1 N–H and O–H groups in total. The molecule has 0 amide bonds. The van der Waals surface area contributed by atoms with Gasteiger partial charge in [0.2, 0.25) is 0 Å². The number of anilines is 1. The predicted octanol–water partition coefficient (Wildman–Crippen LogP) is 4.36. The van der Waals surface area contributed by atoms with Crippen LogP contribution in [-0.4, -0.2) is 5.28 Å². The highest BCUT2D eigenvalue weighted by Gasteiger charge is 2.55. The maximum atomic E-state index is 13.9. The SMILES string of the molecule is O=P1(c2ccccc2)Oc2ccccc2NC12CCCC2. The summed E-state index contributed by atoms with van der Waals surface area (Å²) >= 11 is 0. The van der Waals surface area contributed by atoms with Crippen LogP contribution >= 0.6 is 7.37 Å². The first-order chi connectivity index (χ1) is 10.2. The van der Waals surface area contributed by atoms with Crippen LogP contribution in [0.15, 0.2) is 54.6 Å². The molecule has 2 aromatic rings. The second-order valence-electron chi connectivity index (χ2n) is 5.84. The fraction of sp³-hybridized carbons (Fsp3) is 0.294. The molecule has 1 unspecified atom stereocenters. The molecule has 1 spiro atoms. The monoisotopic (exact) mass is 299 g/mol. The molecule has 2 aromatic carbocycles. The summed E-state index contributed by atoms with van der Waals surface area (Å²) in [6.45, 7) is 0. The van der Waals surface area contributed by atoms with Crippen LogP contribution < -0.4 is 15.1 Å². The normalized spacial score (nSPS) is 25.9. The fourth-order valence-electron chi connectivity index (χ4n) is 3.50. The third kappa shape index (κ3) is 1.84. The summed E-state index contributed by atoms with van der Waals surface area (Å²) < 4.78 is 20.0. The van der Waals surface area contributed by atoms with Gasteiger partial charge in [0.15, 0.2) is 0 Å². The number of hydrogen-bond donors (Lipinski definition) is 1. The Balaban J connectivity index is 1.90. The first-order valence-electron chi connectivity index (χ1n) is 7.46. The Morgan fingerprint density at radius 2 is 1.62 bits per heavy atom. The van der Waals surface area contributed by atoms with E-state index in [0.717, 1.165) is 36.7 Å². The zero-order chi connectivity index (χ0) is 14.3. The van der Waals surface area contributed by atoms with Crippen molar-refractivity contribution in [2.75, 3.05) is 5.32 Å². The molecule has 0 aromatic heterocycles. The maximum Gasteiger partial charge on any atom is 0.301 e. The van der Waals surface area contributed by atoms with Crippen LogP contribution in [0.2, 0.25) is 0 Å². The number of hydrogen-bond acceptors (Lipinski definition) is 3. The van der Waals surface area contributed by atoms with E-state index in [4.69, 9.17) is 4.52 Å². The van der Waals surface area contributed by atoms with E-state index in [1.165, 1.54) is 0 Å². The van der Waals surface area contributed by atoms with Crippen molar-refractivity contribution in [1.82, 2.24) is 0 Å². The van der Waals surface area contributed by atoms with E-state index in [-0.39, 0.29) is 0 Å². The van der Waals surface area contributed by atoms with Gasteiger partial charge in [-0.25, -0.2) is 0 Å². The lowest BCUT2D eigenvalue weighted by Crippen LogP contribution is -2.43. The summed E-state index contributed by atoms with van der Waals surface area (Å²) in [6, 6.07) is 17.5. The molecule has 1 aliphatic heterocycles. The quantitative estimate of drug-likeness (QED) is 0.795. The molecule has 0 saturated heterocycles. The third-order valence-electron chi connectivity index (χ3n) is 4.57. The molecule has 4 rings (SSSR count). The number of fused-ring (bicyclic) bond motifs is 1. The lowest BCUT2D eigenvalue weighted by atomic mass is 10.2. The first kappa shape index (κ1) is 13.0. The maximum absolute atomic E-state index is 13.9. The molecule has 2 aliphatic rings. The van der Waals surface area contributed by atoms with E-state index in [9.17, 15) is 4.57 Å². The zero-order valence-electron chi connectivity index (χ0n) is 11.8. The Morgan fingerprint density at radius 1 is 0.952 bits per heavy atom. The number of para-hydroxylation sites is 2. The third-order valence-corrected chi connectivity index (χ3v) is 7.69. The Morgan fingerprint density at radius 3 is 2.38 bits per heavy atom. The molecule has 1 heterocycles. The molecule has 0 bridgehead atoms. The van der Waals surface area contributed by atoms with Gasteiger partial charge in [0.25, 0.3) is 0 Å². The van der Waals surface area contributed by atoms with Gasteiger partial charge >= 0.3 is 7.37 Å². The van der Waals surface area contributed by atoms with Gasteiger partial charge in [0.05, 0.1) is 11.0 Å². The van der Waals surface area contributed by atoms with E-state index in [2.05, 4.69) is 5.32 Å². The summed E-state index contributed by atoms with van der Waals surface area (Å²) in [5.74, 6) is 0.696. The zero-order valence-corrected chi connectivity index (χ0v) is 12.7. The van der Waals surface area contributed by atoms with Crippen LogP contribution in [0.1, 0.15) is 25.7 Å². The molecule has 1 aliphatic carbocycles. The number of nitrogens with one attached hydrogen (secondary N) is 1. The van der Waals surface area contributed by atoms with Crippen molar-refractivity contribution in [2.24, 2.45) is 0 Å². The predicted molar refractivity (Wildman–Crippen MR) is 85.6 cm³/mol. The van der Waals surface area contributed by atoms with Crippen molar-refractivity contribution in [1.29, 1.82) is 0 Å². The number of benzene rings is 2. The molecule has 1 fully saturated rings. The van der Waals surface area contributed by atoms with Crippen LogP contribution in [0.3, 0.4) is 0 Å². The van der Waals surface area contributed by atoms with Crippen LogP contribution in [0.4, 0.5) is 5.69 Å². The Bertz CT molecular complexity index is 708. The highest BCUT2D eigenvalue weighted by Crippen LogP contribution is 2.67. The van der Waals surface area contributed by atoms with Crippen LogP contribution in [-0.2, 0) is 4.57 Å². The Kier molecular flexibility index (Phi) is 2.87. The van der Waals surface area contributed by atoms with Crippen molar-refractivity contribution >= 4 is 18.4 Å². The largest absolute Gasteiger partial charge is 0.436 e. The van der Waals surface area contributed by atoms with Gasteiger partial charge in [-0.3, -0.25) is 4.57 Å². The van der Waals surface area contributed by atoms with E-state index < -0.39 is 12.6 Å². The molecular weight excluding hydrogens is 281 g/mol. The topological polar surface area (TPSA) is 38.3 Å². The standard InChI is InChI=1S/C17H18NO2P/c19-21(14-8-2-1-3-9-14)17(12-6-7-13-17)18-15-10-4-5-11-16(15)20-21/h1-5,8-11,18H,6-7,12-13H2. The highest BCUT2D eigenvalue weighted by atomic mass is 31.2. The fourth-order valence-corrected chi connectivity index (χ4v) is 6.45. The van der Waals surface area contributed by atoms with Gasteiger partial charge in [0, 0.05) is 0 Å². The van der Waals surface area contributed by atoms with Crippen molar-refractivity contribution < 1.29 is 9.09 Å². The molecule has 108 valence electrons. The van der Waals surface area contributed by atoms with Crippen molar-refractivity contribution in [3.63, 3.8) is 0 Å². The average Bonchev–Trinajstić information content (AvgIpc) is 2.99. The smallest absolute Gasteiger partial charge is 0.301 e. The van der Waals surface area contributed by atoms with Crippen LogP contribution in [0.25, 0.3) is 0 Å². The van der Waals surface area contributed by atoms with E-state index >= 15 is 0 Å². The second kappa shape index (κ2) is 4.64. The summed E-state index contributed by atoms with van der Waals surface area (Å²) in [7, 11) is -2.99. The summed E-state index contributed by atoms with van der Waals surface area (Å²) in [4.78, 5) is 0. The highest BCUT2D eigenvalue weighted by molar-refractivity contribution is 7.69. The molecular formula is C17H18NO2P. The summed E-state index contributed by atoms with van der Waals surface area (Å²) in [5, 5.41) is 3.95. The molecule has 21 heavy (non-hydrogen) atoms. The van der Waals surface area contributed by atoms with E-state index in [1.807, 2.05) is 54.6 Å². The minimum Gasteiger partial charge on any atom is -0.436 e. The van der Waals surface area contributed by atoms with E-state index in [0.29, 0.717) is 5.75 Å². The van der Waals surface area contributed by atoms with Gasteiger partial charge < -0.3 is 9.84 Å². The molecule has 1 saturated carbocycles. The lowest BCUT2D eigenvalue weighted by molar-refractivity contribution is 0.437. The van der Waals surface area contributed by atoms with Crippen molar-refractivity contribution in [3.05, 3.63) is 54.6 Å². The minimum absolute atomic E-state index is 0.442. The van der Waals surface area contributed by atoms with Gasteiger partial charge in [0.1, 0.15) is 11.0 Å². The Labute approximate surface area is 124 Å². The molecule has 4 heteroatoms. The number of rotatable bonds is 1. The van der Waals surface area contributed by atoms with Gasteiger partial charge in [-0.2, -0.15) is 0 Å². The van der Waals surface area contributed by atoms with Gasteiger partial charge in [-0.15, -0.1) is 0 Å². The second-order valence-corrected chi connectivity index (χ2v) is 8.50. The van der Waals surface area contributed by atoms with Crippen molar-refractivity contribution in [3.8, 4) is 5.75 Å². The van der Waals surface area contributed by atoms with Gasteiger partial charge in [-0.05, 0) is 37.1 Å². The van der Waals surface area contributed by atoms with Gasteiger partial charge in [-0.1, -0.05) is 43.2 Å². The molecule has 3 nitrogen and oxygen atoms in total. The first-order valence-corrected chi connectivity index (χ1v) is 9.09. The summed E-state index contributed by atoms with van der Waals surface area (Å²) in [6.07, 6.45) is 3.98. The van der Waals surface area contributed by atoms with Crippen molar-refractivity contribution in [2.45, 2.75) is 31.0 Å². The lowest BCUT2D eigenvalue weighted by Gasteiger charge is -2.43. The van der Waals surface area contributed by atoms with Crippen LogP contribution in [0, 0.1) is 0 Å². The summed E-state index contributed by atoms with van der Waals surface area (Å²) in [5.41, 5.74) is 0.960. The molecule has 0 radical (unpaired) electrons.